The zero-order chi connectivity index (χ0) is 9.30. The van der Waals surface area contributed by atoms with Crippen molar-refractivity contribution in [3.63, 3.8) is 0 Å². The summed E-state index contributed by atoms with van der Waals surface area (Å²) in [5, 5.41) is 0. The number of benzene rings is 1. The molecule has 0 atom stereocenters. The molecule has 1 aromatic carbocycles. The Morgan fingerprint density at radius 3 is 2.25 bits per heavy atom. The Balaban J connectivity index is 3.42. The number of rotatable bonds is 1. The van der Waals surface area contributed by atoms with Crippen LogP contribution in [0.5, 0.6) is 5.75 Å². The smallest absolute Gasteiger partial charge is 0.126 e. The molecule has 0 saturated carbocycles. The summed E-state index contributed by atoms with van der Waals surface area (Å²) in [6.45, 7) is 6.15. The molecule has 2 heteroatoms. The SMILES string of the molecule is COc1c(C)c(C)cc(S)c1C. The molecule has 0 saturated heterocycles. The van der Waals surface area contributed by atoms with Gasteiger partial charge in [0.05, 0.1) is 7.11 Å². The Kier molecular flexibility index (Phi) is 2.68. The van der Waals surface area contributed by atoms with Crippen LogP contribution in [0.15, 0.2) is 11.0 Å². The van der Waals surface area contributed by atoms with Crippen LogP contribution in [-0.2, 0) is 0 Å². The standard InChI is InChI=1S/C10H14OS/c1-6-5-9(12)8(3)10(11-4)7(6)2/h5,12H,1-4H3. The van der Waals surface area contributed by atoms with E-state index in [4.69, 9.17) is 4.74 Å². The maximum absolute atomic E-state index is 5.29. The molecule has 0 aromatic heterocycles. The molecule has 0 amide bonds. The van der Waals surface area contributed by atoms with Gasteiger partial charge in [0.2, 0.25) is 0 Å². The fraction of sp³-hybridized carbons (Fsp3) is 0.400. The van der Waals surface area contributed by atoms with E-state index in [1.807, 2.05) is 6.92 Å². The van der Waals surface area contributed by atoms with E-state index < -0.39 is 0 Å². The number of thiol groups is 1. The highest BCUT2D eigenvalue weighted by Crippen LogP contribution is 2.30. The second-order valence-corrected chi connectivity index (χ2v) is 3.48. The van der Waals surface area contributed by atoms with Crippen LogP contribution in [0.1, 0.15) is 16.7 Å². The van der Waals surface area contributed by atoms with Crippen molar-refractivity contribution in [1.29, 1.82) is 0 Å². The summed E-state index contributed by atoms with van der Waals surface area (Å²) in [6.07, 6.45) is 0. The van der Waals surface area contributed by atoms with Gasteiger partial charge in [-0.2, -0.15) is 0 Å². The van der Waals surface area contributed by atoms with Crippen LogP contribution < -0.4 is 4.74 Å². The van der Waals surface area contributed by atoms with E-state index in [1.54, 1.807) is 7.11 Å². The van der Waals surface area contributed by atoms with Crippen LogP contribution in [-0.4, -0.2) is 7.11 Å². The minimum absolute atomic E-state index is 0.958. The molecule has 0 N–H and O–H groups in total. The lowest BCUT2D eigenvalue weighted by molar-refractivity contribution is 0.406. The van der Waals surface area contributed by atoms with Crippen molar-refractivity contribution in [3.8, 4) is 5.75 Å². The third-order valence-electron chi connectivity index (χ3n) is 2.21. The average molecular weight is 182 g/mol. The van der Waals surface area contributed by atoms with Crippen molar-refractivity contribution in [2.45, 2.75) is 25.7 Å². The van der Waals surface area contributed by atoms with E-state index in [-0.39, 0.29) is 0 Å². The van der Waals surface area contributed by atoms with Crippen molar-refractivity contribution in [2.75, 3.05) is 7.11 Å². The molecule has 0 radical (unpaired) electrons. The molecule has 66 valence electrons. The topological polar surface area (TPSA) is 9.23 Å². The lowest BCUT2D eigenvalue weighted by Crippen LogP contribution is -1.94. The van der Waals surface area contributed by atoms with Crippen LogP contribution in [0, 0.1) is 20.8 Å². The quantitative estimate of drug-likeness (QED) is 0.657. The van der Waals surface area contributed by atoms with E-state index in [2.05, 4.69) is 32.5 Å². The highest BCUT2D eigenvalue weighted by atomic mass is 32.1. The number of aryl methyl sites for hydroxylation is 1. The van der Waals surface area contributed by atoms with Crippen LogP contribution in [0.3, 0.4) is 0 Å². The summed E-state index contributed by atoms with van der Waals surface area (Å²) < 4.78 is 5.29. The van der Waals surface area contributed by atoms with Crippen LogP contribution in [0.25, 0.3) is 0 Å². The Labute approximate surface area is 79.2 Å². The van der Waals surface area contributed by atoms with Gasteiger partial charge in [0.1, 0.15) is 5.75 Å². The third kappa shape index (κ3) is 1.44. The van der Waals surface area contributed by atoms with Crippen LogP contribution in [0.4, 0.5) is 0 Å². The fourth-order valence-corrected chi connectivity index (χ4v) is 1.60. The Bertz CT molecular complexity index is 279. The van der Waals surface area contributed by atoms with E-state index in [9.17, 15) is 0 Å². The zero-order valence-corrected chi connectivity index (χ0v) is 8.83. The number of hydrogen-bond donors (Lipinski definition) is 1. The molecule has 0 aliphatic heterocycles. The molecule has 0 fully saturated rings. The van der Waals surface area contributed by atoms with Gasteiger partial charge in [0.25, 0.3) is 0 Å². The van der Waals surface area contributed by atoms with Crippen molar-refractivity contribution in [1.82, 2.24) is 0 Å². The molecule has 0 heterocycles. The van der Waals surface area contributed by atoms with Crippen LogP contribution >= 0.6 is 12.6 Å². The molecule has 0 aliphatic rings. The van der Waals surface area contributed by atoms with Gasteiger partial charge < -0.3 is 4.74 Å². The Morgan fingerprint density at radius 1 is 1.17 bits per heavy atom. The molecule has 0 unspecified atom stereocenters. The van der Waals surface area contributed by atoms with E-state index in [0.717, 1.165) is 16.2 Å². The molecular weight excluding hydrogens is 168 g/mol. The molecule has 0 aliphatic carbocycles. The monoisotopic (exact) mass is 182 g/mol. The number of ether oxygens (including phenoxy) is 1. The first-order chi connectivity index (χ1) is 5.57. The molecule has 1 rings (SSSR count). The zero-order valence-electron chi connectivity index (χ0n) is 7.93. The Morgan fingerprint density at radius 2 is 1.75 bits per heavy atom. The van der Waals surface area contributed by atoms with Gasteiger partial charge in [0.15, 0.2) is 0 Å². The van der Waals surface area contributed by atoms with Crippen LogP contribution in [0.2, 0.25) is 0 Å². The average Bonchev–Trinajstić information content (AvgIpc) is 2.02. The van der Waals surface area contributed by atoms with Gasteiger partial charge in [-0.25, -0.2) is 0 Å². The van der Waals surface area contributed by atoms with Crippen molar-refractivity contribution >= 4 is 12.6 Å². The minimum atomic E-state index is 0.958. The lowest BCUT2D eigenvalue weighted by Gasteiger charge is -2.12. The highest BCUT2D eigenvalue weighted by Gasteiger charge is 2.07. The summed E-state index contributed by atoms with van der Waals surface area (Å²) in [4.78, 5) is 0.995. The maximum Gasteiger partial charge on any atom is 0.126 e. The predicted octanol–water partition coefficient (Wildman–Crippen LogP) is 2.91. The Hall–Kier alpha value is -0.630. The highest BCUT2D eigenvalue weighted by molar-refractivity contribution is 7.80. The first kappa shape index (κ1) is 9.46. The lowest BCUT2D eigenvalue weighted by atomic mass is 10.1. The van der Waals surface area contributed by atoms with Crippen molar-refractivity contribution in [3.05, 3.63) is 22.8 Å². The van der Waals surface area contributed by atoms with Crippen molar-refractivity contribution < 1.29 is 4.74 Å². The largest absolute Gasteiger partial charge is 0.496 e. The molecule has 0 spiro atoms. The molecular formula is C10H14OS. The van der Waals surface area contributed by atoms with Gasteiger partial charge >= 0.3 is 0 Å². The second kappa shape index (κ2) is 3.40. The van der Waals surface area contributed by atoms with Gasteiger partial charge in [-0.1, -0.05) is 0 Å². The van der Waals surface area contributed by atoms with Gasteiger partial charge in [-0.3, -0.25) is 0 Å². The summed E-state index contributed by atoms with van der Waals surface area (Å²) in [6, 6.07) is 2.07. The summed E-state index contributed by atoms with van der Waals surface area (Å²) in [5.41, 5.74) is 3.54. The molecule has 12 heavy (non-hydrogen) atoms. The summed E-state index contributed by atoms with van der Waals surface area (Å²) >= 11 is 4.36. The van der Waals surface area contributed by atoms with Crippen molar-refractivity contribution in [2.24, 2.45) is 0 Å². The van der Waals surface area contributed by atoms with E-state index in [1.165, 1.54) is 11.1 Å². The first-order valence-electron chi connectivity index (χ1n) is 3.91. The summed E-state index contributed by atoms with van der Waals surface area (Å²) in [5.74, 6) is 0.958. The first-order valence-corrected chi connectivity index (χ1v) is 4.36. The number of hydrogen-bond acceptors (Lipinski definition) is 2. The predicted molar refractivity (Wildman–Crippen MR) is 54.5 cm³/mol. The van der Waals surface area contributed by atoms with E-state index >= 15 is 0 Å². The maximum atomic E-state index is 5.29. The minimum Gasteiger partial charge on any atom is -0.496 e. The normalized spacial score (nSPS) is 10.1. The molecule has 1 aromatic rings. The molecule has 1 nitrogen and oxygen atoms in total. The number of methoxy groups -OCH3 is 1. The van der Waals surface area contributed by atoms with Gasteiger partial charge in [0, 0.05) is 10.5 Å². The van der Waals surface area contributed by atoms with Gasteiger partial charge in [-0.05, 0) is 38.0 Å². The summed E-state index contributed by atoms with van der Waals surface area (Å²) in [7, 11) is 1.70. The van der Waals surface area contributed by atoms with E-state index in [0.29, 0.717) is 0 Å². The fourth-order valence-electron chi connectivity index (χ4n) is 1.30. The molecule has 0 bridgehead atoms. The third-order valence-corrected chi connectivity index (χ3v) is 2.68. The second-order valence-electron chi connectivity index (χ2n) is 3.00. The van der Waals surface area contributed by atoms with Gasteiger partial charge in [-0.15, -0.1) is 12.6 Å².